The number of hydrogen-bond acceptors (Lipinski definition) is 2. The van der Waals surface area contributed by atoms with Crippen molar-refractivity contribution in [2.75, 3.05) is 6.26 Å². The van der Waals surface area contributed by atoms with Crippen molar-refractivity contribution in [3.63, 3.8) is 0 Å². The Bertz CT molecular complexity index is 190. The van der Waals surface area contributed by atoms with E-state index in [1.165, 1.54) is 0 Å². The van der Waals surface area contributed by atoms with Crippen molar-refractivity contribution in [3.8, 4) is 0 Å². The third-order valence-electron chi connectivity index (χ3n) is 0.818. The summed E-state index contributed by atoms with van der Waals surface area (Å²) in [6.45, 7) is 0. The number of rotatable bonds is 0. The van der Waals surface area contributed by atoms with E-state index in [0.29, 0.717) is 0 Å². The van der Waals surface area contributed by atoms with E-state index in [0.717, 1.165) is 3.91 Å². The molecule has 2 aliphatic heterocycles. The van der Waals surface area contributed by atoms with Gasteiger partial charge in [-0.25, -0.2) is 0 Å². The van der Waals surface area contributed by atoms with Gasteiger partial charge in [0.1, 0.15) is 3.91 Å². The number of fused-ring (bicyclic) bond motifs is 1. The molecule has 1 saturated heterocycles. The molecule has 2 rings (SSSR count). The van der Waals surface area contributed by atoms with E-state index in [2.05, 4.69) is 37.9 Å². The Balaban J connectivity index is 2.35. The van der Waals surface area contributed by atoms with Gasteiger partial charge in [-0.15, -0.1) is 10.1 Å². The quantitative estimate of drug-likeness (QED) is 0.391. The Labute approximate surface area is 48.3 Å². The molecule has 6 heavy (non-hydrogen) atoms. The molecule has 2 unspecified atom stereocenters. The molecule has 0 N–H and O–H groups in total. The number of hydrogen-bond donors (Lipinski definition) is 0. The lowest BCUT2D eigenvalue weighted by Crippen LogP contribution is -1.33. The maximum absolute atomic E-state index is 2.22. The lowest BCUT2D eigenvalue weighted by atomic mass is 11.9. The summed E-state index contributed by atoms with van der Waals surface area (Å²) in [5, 5.41) is 0. The fourth-order valence-electron chi connectivity index (χ4n) is 0.338. The molecule has 2 heterocycles. The maximum Gasteiger partial charge on any atom is 0.142 e. The Kier molecular flexibility index (Phi) is 0.689. The van der Waals surface area contributed by atoms with Crippen LogP contribution in [0.2, 0.25) is 0 Å². The molecular formula is C2H4S4. The molecular weight excluding hydrogens is 152 g/mol. The molecule has 0 aromatic rings. The summed E-state index contributed by atoms with van der Waals surface area (Å²) in [6, 6.07) is 0. The average Bonchev–Trinajstić information content (AvgIpc) is 2.12. The van der Waals surface area contributed by atoms with Crippen LogP contribution in [-0.2, 0) is 0 Å². The minimum atomic E-state index is 0.00463. The Morgan fingerprint density at radius 3 is 2.33 bits per heavy atom. The molecule has 0 bridgehead atoms. The SMILES string of the molecule is CSS12#SC1S2. The van der Waals surface area contributed by atoms with E-state index < -0.39 is 0 Å². The van der Waals surface area contributed by atoms with E-state index in [9.17, 15) is 0 Å². The summed E-state index contributed by atoms with van der Waals surface area (Å²) in [5.41, 5.74) is 0. The van der Waals surface area contributed by atoms with Crippen LogP contribution in [0.25, 0.3) is 0 Å². The van der Waals surface area contributed by atoms with Gasteiger partial charge in [0.2, 0.25) is 0 Å². The summed E-state index contributed by atoms with van der Waals surface area (Å²) in [6.07, 6.45) is 2.23. The van der Waals surface area contributed by atoms with Crippen molar-refractivity contribution in [2.24, 2.45) is 0 Å². The summed E-state index contributed by atoms with van der Waals surface area (Å²) in [5.74, 6) is 0. The van der Waals surface area contributed by atoms with Gasteiger partial charge in [-0.05, 0) is 6.26 Å². The first-order chi connectivity index (χ1) is 2.87. The smallest absolute Gasteiger partial charge is 0.111 e. The van der Waals surface area contributed by atoms with Crippen molar-refractivity contribution >= 4 is 38.1 Å². The van der Waals surface area contributed by atoms with Crippen LogP contribution in [0.1, 0.15) is 0 Å². The second-order valence-electron chi connectivity index (χ2n) is 1.14. The summed E-state index contributed by atoms with van der Waals surface area (Å²) in [7, 11) is 6.43. The van der Waals surface area contributed by atoms with Gasteiger partial charge in [0.15, 0.2) is 0 Å². The molecule has 0 aliphatic carbocycles. The van der Waals surface area contributed by atoms with E-state index in [4.69, 9.17) is 0 Å². The highest BCUT2D eigenvalue weighted by molar-refractivity contribution is 9.47. The molecule has 0 saturated carbocycles. The third kappa shape index (κ3) is 0.363. The Morgan fingerprint density at radius 2 is 2.33 bits per heavy atom. The molecule has 0 spiro atoms. The molecule has 0 amide bonds. The second kappa shape index (κ2) is 0.989. The molecule has 1 fully saturated rings. The predicted octanol–water partition coefficient (Wildman–Crippen LogP) is 2.68. The van der Waals surface area contributed by atoms with Gasteiger partial charge in [0.25, 0.3) is 0 Å². The first kappa shape index (κ1) is 4.18. The highest BCUT2D eigenvalue weighted by atomic mass is 33.7. The van der Waals surface area contributed by atoms with Gasteiger partial charge in [-0.1, -0.05) is 28.0 Å². The van der Waals surface area contributed by atoms with Gasteiger partial charge in [-0.2, -0.15) is 0 Å². The molecule has 36 valence electrons. The van der Waals surface area contributed by atoms with Gasteiger partial charge >= 0.3 is 0 Å². The highest BCUT2D eigenvalue weighted by Gasteiger charge is 2.52. The van der Waals surface area contributed by atoms with E-state index in [1.807, 2.05) is 0 Å². The molecule has 2 atom stereocenters. The highest BCUT2D eigenvalue weighted by Crippen LogP contribution is 2.96. The van der Waals surface area contributed by atoms with Gasteiger partial charge in [0.05, 0.1) is 0 Å². The largest absolute Gasteiger partial charge is 0.142 e. The molecule has 0 aromatic carbocycles. The van der Waals surface area contributed by atoms with Crippen molar-refractivity contribution < 1.29 is 0 Å². The predicted molar refractivity (Wildman–Crippen MR) is 40.1 cm³/mol. The summed E-state index contributed by atoms with van der Waals surface area (Å²) < 4.78 is 1.09. The lowest BCUT2D eigenvalue weighted by molar-refractivity contribution is 2.25. The van der Waals surface area contributed by atoms with Crippen LogP contribution in [-0.4, -0.2) is 10.2 Å². The fourth-order valence-corrected chi connectivity index (χ4v) is 14.3. The maximum atomic E-state index is 2.22. The van der Waals surface area contributed by atoms with Gasteiger partial charge in [-0.3, -0.25) is 0 Å². The van der Waals surface area contributed by atoms with E-state index in [1.54, 1.807) is 0 Å². The topological polar surface area (TPSA) is 0 Å². The monoisotopic (exact) mass is 156 g/mol. The molecule has 4 heteroatoms. The van der Waals surface area contributed by atoms with Gasteiger partial charge < -0.3 is 0 Å². The Hall–Kier alpha value is 1.27. The fraction of sp³-hybridized carbons (Fsp3) is 1.00. The van der Waals surface area contributed by atoms with Crippen molar-refractivity contribution in [1.82, 2.24) is 0 Å². The van der Waals surface area contributed by atoms with Crippen LogP contribution in [0.5, 0.6) is 0 Å². The third-order valence-corrected chi connectivity index (χ3v) is 16.9. The molecule has 0 radical (unpaired) electrons. The van der Waals surface area contributed by atoms with Crippen LogP contribution >= 0.6 is 38.1 Å². The molecule has 0 nitrogen and oxygen atoms in total. The summed E-state index contributed by atoms with van der Waals surface area (Å²) in [4.78, 5) is 0. The Morgan fingerprint density at radius 1 is 1.83 bits per heavy atom. The van der Waals surface area contributed by atoms with Crippen LogP contribution < -0.4 is 0 Å². The van der Waals surface area contributed by atoms with Crippen LogP contribution in [0.3, 0.4) is 0 Å². The lowest BCUT2D eigenvalue weighted by Gasteiger charge is -1.76. The van der Waals surface area contributed by atoms with Gasteiger partial charge in [0, 0.05) is 0 Å². The normalized spacial score (nSPS) is 59.2. The van der Waals surface area contributed by atoms with Crippen LogP contribution in [0.4, 0.5) is 0 Å². The first-order valence-electron chi connectivity index (χ1n) is 1.62. The van der Waals surface area contributed by atoms with Crippen molar-refractivity contribution in [3.05, 3.63) is 0 Å². The molecule has 2 aliphatic rings. The molecule has 0 aromatic heterocycles. The van der Waals surface area contributed by atoms with Crippen LogP contribution in [0.15, 0.2) is 0 Å². The zero-order valence-corrected chi connectivity index (χ0v) is 6.48. The van der Waals surface area contributed by atoms with E-state index >= 15 is 0 Å². The average molecular weight is 156 g/mol. The van der Waals surface area contributed by atoms with Crippen LogP contribution in [0, 0.1) is 0 Å². The second-order valence-corrected chi connectivity index (χ2v) is 13.9. The van der Waals surface area contributed by atoms with Crippen molar-refractivity contribution in [1.29, 1.82) is 0 Å². The van der Waals surface area contributed by atoms with Crippen molar-refractivity contribution in [2.45, 2.75) is 3.91 Å². The minimum Gasteiger partial charge on any atom is -0.111 e. The van der Waals surface area contributed by atoms with E-state index in [-0.39, 0.29) is 6.43 Å². The first-order valence-corrected chi connectivity index (χ1v) is 7.85. The standard InChI is InChI=1S/C2H4S4/c1-3-6-2(4-6)5-6/h2H,1H3. The minimum absolute atomic E-state index is 0.00463. The zero-order valence-electron chi connectivity index (χ0n) is 3.21. The summed E-state index contributed by atoms with van der Waals surface area (Å²) >= 11 is 0. The zero-order chi connectivity index (χ0) is 4.20.